The molecule has 1 heterocycles. The van der Waals surface area contributed by atoms with Crippen LogP contribution in [0.3, 0.4) is 0 Å². The molecule has 1 N–H and O–H groups in total. The van der Waals surface area contributed by atoms with Crippen molar-refractivity contribution in [2.45, 2.75) is 26.6 Å². The molecule has 0 saturated heterocycles. The van der Waals surface area contributed by atoms with Gasteiger partial charge in [0.25, 0.3) is 0 Å². The number of halogens is 2. The SMILES string of the molecule is C=CCn1nnnc1NCc1cc(OCC)c(OCc2cccc(Cl)c2)cc1Br. The van der Waals surface area contributed by atoms with E-state index in [1.54, 1.807) is 10.8 Å². The van der Waals surface area contributed by atoms with Crippen LogP contribution >= 0.6 is 27.5 Å². The number of hydrogen-bond acceptors (Lipinski definition) is 6. The van der Waals surface area contributed by atoms with Gasteiger partial charge in [-0.1, -0.05) is 50.8 Å². The van der Waals surface area contributed by atoms with E-state index >= 15 is 0 Å². The third-order valence-corrected chi connectivity index (χ3v) is 4.94. The smallest absolute Gasteiger partial charge is 0.243 e. The minimum absolute atomic E-state index is 0.390. The Hall–Kier alpha value is -2.58. The van der Waals surface area contributed by atoms with Crippen LogP contribution in [0.4, 0.5) is 5.95 Å². The molecule has 3 aromatic rings. The molecule has 152 valence electrons. The van der Waals surface area contributed by atoms with Gasteiger partial charge in [0.05, 0.1) is 13.2 Å². The molecule has 0 aliphatic carbocycles. The van der Waals surface area contributed by atoms with Crippen LogP contribution in [0.1, 0.15) is 18.1 Å². The van der Waals surface area contributed by atoms with Gasteiger partial charge in [0.2, 0.25) is 5.95 Å². The van der Waals surface area contributed by atoms with E-state index in [9.17, 15) is 0 Å². The van der Waals surface area contributed by atoms with Gasteiger partial charge in [-0.25, -0.2) is 4.68 Å². The Balaban J connectivity index is 1.74. The predicted octanol–water partition coefficient (Wildman–Crippen LogP) is 4.86. The summed E-state index contributed by atoms with van der Waals surface area (Å²) in [6.07, 6.45) is 1.73. The molecule has 1 aromatic heterocycles. The highest BCUT2D eigenvalue weighted by Crippen LogP contribution is 2.35. The lowest BCUT2D eigenvalue weighted by atomic mass is 10.2. The lowest BCUT2D eigenvalue weighted by molar-refractivity contribution is 0.269. The average Bonchev–Trinajstić information content (AvgIpc) is 3.14. The Morgan fingerprint density at radius 1 is 1.24 bits per heavy atom. The molecule has 0 amide bonds. The van der Waals surface area contributed by atoms with Crippen molar-refractivity contribution in [1.82, 2.24) is 20.2 Å². The monoisotopic (exact) mass is 477 g/mol. The van der Waals surface area contributed by atoms with E-state index in [0.29, 0.717) is 48.8 Å². The van der Waals surface area contributed by atoms with Gasteiger partial charge in [0.1, 0.15) is 6.61 Å². The zero-order valence-corrected chi connectivity index (χ0v) is 18.3. The van der Waals surface area contributed by atoms with E-state index in [0.717, 1.165) is 15.6 Å². The second-order valence-electron chi connectivity index (χ2n) is 6.07. The van der Waals surface area contributed by atoms with Crippen LogP contribution in [0.15, 0.2) is 53.5 Å². The molecule has 2 aromatic carbocycles. The molecule has 0 atom stereocenters. The number of hydrogen-bond donors (Lipinski definition) is 1. The van der Waals surface area contributed by atoms with Crippen molar-refractivity contribution in [2.24, 2.45) is 0 Å². The van der Waals surface area contributed by atoms with Crippen molar-refractivity contribution in [3.63, 3.8) is 0 Å². The summed E-state index contributed by atoms with van der Waals surface area (Å²) in [5, 5.41) is 15.5. The summed E-state index contributed by atoms with van der Waals surface area (Å²) < 4.78 is 14.3. The fourth-order valence-corrected chi connectivity index (χ4v) is 3.31. The Morgan fingerprint density at radius 3 is 2.83 bits per heavy atom. The highest BCUT2D eigenvalue weighted by atomic mass is 79.9. The molecular weight excluding hydrogens is 458 g/mol. The molecule has 29 heavy (non-hydrogen) atoms. The van der Waals surface area contributed by atoms with Gasteiger partial charge < -0.3 is 14.8 Å². The first-order valence-electron chi connectivity index (χ1n) is 9.04. The van der Waals surface area contributed by atoms with Gasteiger partial charge in [0, 0.05) is 16.0 Å². The second-order valence-corrected chi connectivity index (χ2v) is 7.36. The molecule has 0 spiro atoms. The van der Waals surface area contributed by atoms with Crippen LogP contribution in [0.2, 0.25) is 5.02 Å². The summed E-state index contributed by atoms with van der Waals surface area (Å²) in [4.78, 5) is 0. The Bertz CT molecular complexity index is 979. The van der Waals surface area contributed by atoms with Crippen LogP contribution in [-0.2, 0) is 19.7 Å². The first-order valence-corrected chi connectivity index (χ1v) is 10.2. The van der Waals surface area contributed by atoms with Gasteiger partial charge in [-0.3, -0.25) is 0 Å². The Labute approximate surface area is 182 Å². The molecule has 0 unspecified atom stereocenters. The van der Waals surface area contributed by atoms with E-state index in [1.807, 2.05) is 43.3 Å². The summed E-state index contributed by atoms with van der Waals surface area (Å²) in [6.45, 7) is 7.59. The molecule has 0 radical (unpaired) electrons. The summed E-state index contributed by atoms with van der Waals surface area (Å²) in [6, 6.07) is 11.4. The number of ether oxygens (including phenoxy) is 2. The third kappa shape index (κ3) is 5.71. The molecular formula is C20H21BrClN5O2. The number of tetrazole rings is 1. The molecule has 0 saturated carbocycles. The number of nitrogens with one attached hydrogen (secondary N) is 1. The molecule has 0 fully saturated rings. The van der Waals surface area contributed by atoms with Crippen LogP contribution in [0.5, 0.6) is 11.5 Å². The molecule has 0 aliphatic heterocycles. The number of benzene rings is 2. The topological polar surface area (TPSA) is 74.1 Å². The Kier molecular flexibility index (Phi) is 7.48. The fraction of sp³-hybridized carbons (Fsp3) is 0.250. The lowest BCUT2D eigenvalue weighted by Gasteiger charge is -2.15. The minimum Gasteiger partial charge on any atom is -0.490 e. The summed E-state index contributed by atoms with van der Waals surface area (Å²) in [5.74, 6) is 1.88. The summed E-state index contributed by atoms with van der Waals surface area (Å²) in [7, 11) is 0. The van der Waals surface area contributed by atoms with E-state index in [1.165, 1.54) is 0 Å². The molecule has 0 aliphatic rings. The van der Waals surface area contributed by atoms with Crippen LogP contribution < -0.4 is 14.8 Å². The van der Waals surface area contributed by atoms with E-state index in [4.69, 9.17) is 21.1 Å². The van der Waals surface area contributed by atoms with Gasteiger partial charge in [-0.15, -0.1) is 6.58 Å². The van der Waals surface area contributed by atoms with Gasteiger partial charge >= 0.3 is 0 Å². The highest BCUT2D eigenvalue weighted by Gasteiger charge is 2.13. The van der Waals surface area contributed by atoms with Crippen molar-refractivity contribution >= 4 is 33.5 Å². The van der Waals surface area contributed by atoms with Gasteiger partial charge in [-0.05, 0) is 52.7 Å². The molecule has 9 heteroatoms. The summed E-state index contributed by atoms with van der Waals surface area (Å²) in [5.41, 5.74) is 1.97. The lowest BCUT2D eigenvalue weighted by Crippen LogP contribution is -2.09. The van der Waals surface area contributed by atoms with Crippen LogP contribution in [0.25, 0.3) is 0 Å². The van der Waals surface area contributed by atoms with Gasteiger partial charge in [0.15, 0.2) is 11.5 Å². The maximum Gasteiger partial charge on any atom is 0.243 e. The Morgan fingerprint density at radius 2 is 2.07 bits per heavy atom. The molecule has 3 rings (SSSR count). The number of anilines is 1. The zero-order chi connectivity index (χ0) is 20.6. The van der Waals surface area contributed by atoms with Crippen LogP contribution in [0, 0.1) is 0 Å². The molecule has 0 bridgehead atoms. The highest BCUT2D eigenvalue weighted by molar-refractivity contribution is 9.10. The van der Waals surface area contributed by atoms with Gasteiger partial charge in [-0.2, -0.15) is 0 Å². The largest absolute Gasteiger partial charge is 0.490 e. The van der Waals surface area contributed by atoms with Crippen molar-refractivity contribution in [1.29, 1.82) is 0 Å². The van der Waals surface area contributed by atoms with Crippen molar-refractivity contribution in [3.8, 4) is 11.5 Å². The first-order chi connectivity index (χ1) is 14.1. The molecule has 7 nitrogen and oxygen atoms in total. The van der Waals surface area contributed by atoms with E-state index in [-0.39, 0.29) is 0 Å². The standard InChI is InChI=1S/C20H21BrClN5O2/c1-3-8-27-20(24-25-26-27)23-12-15-10-18(28-4-2)19(11-17(15)21)29-13-14-6-5-7-16(22)9-14/h3,5-7,9-11H,1,4,8,12-13H2,2H3,(H,23,24,26). The third-order valence-electron chi connectivity index (χ3n) is 3.97. The first kappa shape index (κ1) is 21.1. The van der Waals surface area contributed by atoms with Crippen molar-refractivity contribution in [2.75, 3.05) is 11.9 Å². The predicted molar refractivity (Wildman–Crippen MR) is 116 cm³/mol. The van der Waals surface area contributed by atoms with E-state index < -0.39 is 0 Å². The minimum atomic E-state index is 0.390. The maximum atomic E-state index is 6.05. The van der Waals surface area contributed by atoms with Crippen molar-refractivity contribution in [3.05, 3.63) is 69.7 Å². The average molecular weight is 479 g/mol. The number of nitrogens with zero attached hydrogens (tertiary/aromatic N) is 4. The quantitative estimate of drug-likeness (QED) is 0.419. The second kappa shape index (κ2) is 10.3. The number of rotatable bonds is 10. The maximum absolute atomic E-state index is 6.05. The summed E-state index contributed by atoms with van der Waals surface area (Å²) >= 11 is 9.66. The van der Waals surface area contributed by atoms with Crippen LogP contribution in [-0.4, -0.2) is 26.8 Å². The number of aromatic nitrogens is 4. The zero-order valence-electron chi connectivity index (χ0n) is 15.9. The van der Waals surface area contributed by atoms with Crippen molar-refractivity contribution < 1.29 is 9.47 Å². The van der Waals surface area contributed by atoms with E-state index in [2.05, 4.69) is 43.4 Å². The fourth-order valence-electron chi connectivity index (χ4n) is 2.63. The number of allylic oxidation sites excluding steroid dienone is 1. The normalized spacial score (nSPS) is 10.6.